The lowest BCUT2D eigenvalue weighted by atomic mass is 10.2. The summed E-state index contributed by atoms with van der Waals surface area (Å²) in [5, 5.41) is 3.87. The van der Waals surface area contributed by atoms with E-state index in [1.54, 1.807) is 19.1 Å². The van der Waals surface area contributed by atoms with Gasteiger partial charge < -0.3 is 10.1 Å². The Bertz CT molecular complexity index is 767. The van der Waals surface area contributed by atoms with Gasteiger partial charge in [-0.1, -0.05) is 31.4 Å². The predicted octanol–water partition coefficient (Wildman–Crippen LogP) is 3.69. The molecule has 2 rings (SSSR count). The van der Waals surface area contributed by atoms with Gasteiger partial charge in [0.25, 0.3) is 0 Å². The van der Waals surface area contributed by atoms with Gasteiger partial charge in [-0.3, -0.25) is 9.10 Å². The maximum Gasteiger partial charge on any atom is 0.243 e. The number of ether oxygens (including phenoxy) is 1. The fourth-order valence-corrected chi connectivity index (χ4v) is 6.10. The lowest BCUT2D eigenvalue weighted by Crippen LogP contribution is -2.49. The summed E-state index contributed by atoms with van der Waals surface area (Å²) in [6.45, 7) is 2.32. The molecule has 0 heterocycles. The first kappa shape index (κ1) is 23.2. The zero-order valence-corrected chi connectivity index (χ0v) is 19.0. The topological polar surface area (TPSA) is 75.7 Å². The Hall–Kier alpha value is -1.12. The third kappa shape index (κ3) is 6.19. The number of hydrogen-bond donors (Lipinski definition) is 1. The molecule has 1 atom stereocenters. The molecule has 28 heavy (non-hydrogen) atoms. The van der Waals surface area contributed by atoms with Crippen molar-refractivity contribution in [2.45, 2.75) is 50.3 Å². The molecule has 0 bridgehead atoms. The maximum atomic E-state index is 12.8. The summed E-state index contributed by atoms with van der Waals surface area (Å²) in [7, 11) is -2.20. The SMILES string of the molecule is CCC(C(=O)NCCSC1CCCC1)N(c1ccc(OC)c(Cl)c1)S(C)(=O)=O. The number of anilines is 1. The minimum atomic E-state index is -3.69. The highest BCUT2D eigenvalue weighted by molar-refractivity contribution is 7.99. The molecule has 1 aromatic rings. The van der Waals surface area contributed by atoms with Crippen LogP contribution in [0.5, 0.6) is 5.75 Å². The number of carbonyl (C=O) groups is 1. The van der Waals surface area contributed by atoms with Gasteiger partial charge in [0, 0.05) is 17.5 Å². The lowest BCUT2D eigenvalue weighted by molar-refractivity contribution is -0.122. The van der Waals surface area contributed by atoms with Crippen LogP contribution in [0, 0.1) is 0 Å². The minimum absolute atomic E-state index is 0.289. The Balaban J connectivity index is 2.09. The second kappa shape index (κ2) is 10.6. The first-order valence-corrected chi connectivity index (χ1v) is 12.8. The molecule has 0 radical (unpaired) electrons. The Labute approximate surface area is 177 Å². The van der Waals surface area contributed by atoms with Crippen molar-refractivity contribution in [3.05, 3.63) is 23.2 Å². The van der Waals surface area contributed by atoms with Crippen molar-refractivity contribution in [1.29, 1.82) is 0 Å². The number of amides is 1. The predicted molar refractivity (Wildman–Crippen MR) is 117 cm³/mol. The van der Waals surface area contributed by atoms with Gasteiger partial charge in [0.05, 0.1) is 24.1 Å². The van der Waals surface area contributed by atoms with E-state index in [1.807, 2.05) is 11.8 Å². The molecular weight excluding hydrogens is 420 g/mol. The Morgan fingerprint density at radius 1 is 1.39 bits per heavy atom. The Morgan fingerprint density at radius 2 is 2.07 bits per heavy atom. The second-order valence-corrected chi connectivity index (χ2v) is 10.5. The van der Waals surface area contributed by atoms with Crippen molar-refractivity contribution in [2.24, 2.45) is 0 Å². The second-order valence-electron chi connectivity index (χ2n) is 6.87. The van der Waals surface area contributed by atoms with E-state index in [0.717, 1.165) is 16.3 Å². The average Bonchev–Trinajstić information content (AvgIpc) is 3.15. The zero-order chi connectivity index (χ0) is 20.7. The maximum absolute atomic E-state index is 12.8. The Kier molecular flexibility index (Phi) is 8.77. The van der Waals surface area contributed by atoms with E-state index < -0.39 is 16.1 Å². The van der Waals surface area contributed by atoms with Crippen LogP contribution >= 0.6 is 23.4 Å². The number of sulfonamides is 1. The summed E-state index contributed by atoms with van der Waals surface area (Å²) >= 11 is 8.05. The van der Waals surface area contributed by atoms with Crippen LogP contribution in [0.2, 0.25) is 5.02 Å². The van der Waals surface area contributed by atoms with E-state index in [2.05, 4.69) is 5.32 Å². The first-order valence-electron chi connectivity index (χ1n) is 9.50. The van der Waals surface area contributed by atoms with Crippen LogP contribution in [-0.2, 0) is 14.8 Å². The molecule has 1 fully saturated rings. The molecule has 1 saturated carbocycles. The monoisotopic (exact) mass is 448 g/mol. The van der Waals surface area contributed by atoms with E-state index in [-0.39, 0.29) is 10.9 Å². The van der Waals surface area contributed by atoms with Gasteiger partial charge >= 0.3 is 0 Å². The highest BCUT2D eigenvalue weighted by Crippen LogP contribution is 2.32. The number of rotatable bonds is 10. The highest BCUT2D eigenvalue weighted by atomic mass is 35.5. The molecule has 0 aromatic heterocycles. The molecule has 1 aromatic carbocycles. The molecule has 9 heteroatoms. The summed E-state index contributed by atoms with van der Waals surface area (Å²) in [6, 6.07) is 3.86. The molecular formula is C19H29ClN2O4S2. The summed E-state index contributed by atoms with van der Waals surface area (Å²) in [4.78, 5) is 12.8. The normalized spacial score (nSPS) is 16.0. The number of benzene rings is 1. The van der Waals surface area contributed by atoms with Crippen molar-refractivity contribution < 1.29 is 17.9 Å². The fraction of sp³-hybridized carbons (Fsp3) is 0.632. The van der Waals surface area contributed by atoms with Crippen LogP contribution < -0.4 is 14.4 Å². The Morgan fingerprint density at radius 3 is 2.61 bits per heavy atom. The molecule has 1 aliphatic carbocycles. The molecule has 6 nitrogen and oxygen atoms in total. The van der Waals surface area contributed by atoms with E-state index >= 15 is 0 Å². The number of thioether (sulfide) groups is 1. The summed E-state index contributed by atoms with van der Waals surface area (Å²) in [5.41, 5.74) is 0.343. The van der Waals surface area contributed by atoms with E-state index in [0.29, 0.717) is 29.7 Å². The minimum Gasteiger partial charge on any atom is -0.495 e. The summed E-state index contributed by atoms with van der Waals surface area (Å²) < 4.78 is 31.2. The van der Waals surface area contributed by atoms with Crippen LogP contribution in [0.4, 0.5) is 5.69 Å². The van der Waals surface area contributed by atoms with Gasteiger partial charge in [0.2, 0.25) is 15.9 Å². The quantitative estimate of drug-likeness (QED) is 0.552. The fourth-order valence-electron chi connectivity index (χ4n) is 3.43. The summed E-state index contributed by atoms with van der Waals surface area (Å²) in [5.74, 6) is 0.979. The number of methoxy groups -OCH3 is 1. The molecule has 1 N–H and O–H groups in total. The molecule has 1 amide bonds. The molecule has 0 spiro atoms. The molecule has 1 aliphatic rings. The standard InChI is InChI=1S/C19H29ClN2O4S2/c1-4-17(19(23)21-11-12-27-15-7-5-6-8-15)22(28(3,24)25)14-9-10-18(26-2)16(20)13-14/h9-10,13,15,17H,4-8,11-12H2,1-3H3,(H,21,23). The zero-order valence-electron chi connectivity index (χ0n) is 16.6. The van der Waals surface area contributed by atoms with Crippen molar-refractivity contribution in [1.82, 2.24) is 5.32 Å². The summed E-state index contributed by atoms with van der Waals surface area (Å²) in [6.07, 6.45) is 6.51. The van der Waals surface area contributed by atoms with Crippen LogP contribution in [0.25, 0.3) is 0 Å². The largest absolute Gasteiger partial charge is 0.495 e. The lowest BCUT2D eigenvalue weighted by Gasteiger charge is -2.30. The molecule has 0 aliphatic heterocycles. The van der Waals surface area contributed by atoms with E-state index in [9.17, 15) is 13.2 Å². The van der Waals surface area contributed by atoms with Crippen molar-refractivity contribution in [3.63, 3.8) is 0 Å². The van der Waals surface area contributed by atoms with Gasteiger partial charge in [-0.25, -0.2) is 8.42 Å². The van der Waals surface area contributed by atoms with Crippen molar-refractivity contribution in [3.8, 4) is 5.75 Å². The van der Waals surface area contributed by atoms with Gasteiger partial charge in [0.15, 0.2) is 0 Å². The van der Waals surface area contributed by atoms with Crippen molar-refractivity contribution >= 4 is 45.0 Å². The van der Waals surface area contributed by atoms with Gasteiger partial charge in [-0.15, -0.1) is 0 Å². The number of nitrogens with one attached hydrogen (secondary N) is 1. The van der Waals surface area contributed by atoms with E-state index in [1.165, 1.54) is 38.9 Å². The van der Waals surface area contributed by atoms with Crippen LogP contribution in [0.15, 0.2) is 18.2 Å². The molecule has 0 saturated heterocycles. The van der Waals surface area contributed by atoms with Crippen molar-refractivity contribution in [2.75, 3.05) is 30.0 Å². The number of hydrogen-bond acceptors (Lipinski definition) is 5. The third-order valence-corrected chi connectivity index (χ3v) is 7.63. The number of nitrogens with zero attached hydrogens (tertiary/aromatic N) is 1. The van der Waals surface area contributed by atoms with Crippen LogP contribution in [0.1, 0.15) is 39.0 Å². The van der Waals surface area contributed by atoms with E-state index in [4.69, 9.17) is 16.3 Å². The first-order chi connectivity index (χ1) is 13.3. The van der Waals surface area contributed by atoms with Gasteiger partial charge in [0.1, 0.15) is 11.8 Å². The number of carbonyl (C=O) groups excluding carboxylic acids is 1. The smallest absolute Gasteiger partial charge is 0.243 e. The average molecular weight is 449 g/mol. The van der Waals surface area contributed by atoms with Gasteiger partial charge in [-0.2, -0.15) is 11.8 Å². The van der Waals surface area contributed by atoms with Crippen LogP contribution in [-0.4, -0.2) is 51.3 Å². The molecule has 1 unspecified atom stereocenters. The van der Waals surface area contributed by atoms with Gasteiger partial charge in [-0.05, 0) is 37.5 Å². The highest BCUT2D eigenvalue weighted by Gasteiger charge is 2.31. The molecule has 158 valence electrons. The number of halogens is 1. The third-order valence-electron chi connectivity index (χ3n) is 4.78. The van der Waals surface area contributed by atoms with Crippen LogP contribution in [0.3, 0.4) is 0 Å².